The first kappa shape index (κ1) is 23.4. The molecule has 1 aliphatic heterocycles. The minimum absolute atomic E-state index is 0. The quantitative estimate of drug-likeness (QED) is 0.840. The average Bonchev–Trinajstić information content (AvgIpc) is 2.63. The number of hydrogen-bond acceptors (Lipinski definition) is 3. The van der Waals surface area contributed by atoms with Crippen molar-refractivity contribution in [3.63, 3.8) is 0 Å². The zero-order valence-corrected chi connectivity index (χ0v) is 17.5. The van der Waals surface area contributed by atoms with Crippen LogP contribution in [0.5, 0.6) is 0 Å². The van der Waals surface area contributed by atoms with Crippen LogP contribution < -0.4 is 5.73 Å². The highest BCUT2D eigenvalue weighted by Crippen LogP contribution is 2.29. The maximum absolute atomic E-state index is 12.4. The summed E-state index contributed by atoms with van der Waals surface area (Å²) in [4.78, 5) is 16.8. The summed E-state index contributed by atoms with van der Waals surface area (Å²) in [5, 5.41) is 0. The number of benzene rings is 2. The summed E-state index contributed by atoms with van der Waals surface area (Å²) in [6.07, 6.45) is 0. The Morgan fingerprint density at radius 1 is 0.852 bits per heavy atom. The third kappa shape index (κ3) is 5.69. The lowest BCUT2D eigenvalue weighted by Crippen LogP contribution is -2.57. The molecule has 0 atom stereocenters. The Balaban J connectivity index is 0.00000182. The predicted molar refractivity (Wildman–Crippen MR) is 116 cm³/mol. The molecule has 1 saturated heterocycles. The van der Waals surface area contributed by atoms with Gasteiger partial charge in [-0.3, -0.25) is 9.69 Å². The van der Waals surface area contributed by atoms with E-state index in [0.717, 1.165) is 26.2 Å². The van der Waals surface area contributed by atoms with Gasteiger partial charge in [-0.1, -0.05) is 60.7 Å². The average molecular weight is 410 g/mol. The number of halogens is 2. The molecule has 0 spiro atoms. The van der Waals surface area contributed by atoms with Gasteiger partial charge >= 0.3 is 0 Å². The molecular formula is C21H29Cl2N3O. The van der Waals surface area contributed by atoms with E-state index in [1.165, 1.54) is 11.1 Å². The second kappa shape index (κ2) is 10.1. The minimum Gasteiger partial charge on any atom is -0.339 e. The summed E-state index contributed by atoms with van der Waals surface area (Å²) in [6.45, 7) is 6.68. The molecule has 0 aromatic heterocycles. The normalized spacial score (nSPS) is 15.0. The number of rotatable bonds is 4. The van der Waals surface area contributed by atoms with Crippen LogP contribution in [-0.2, 0) is 4.79 Å². The Kier molecular flexibility index (Phi) is 8.76. The molecule has 0 unspecified atom stereocenters. The monoisotopic (exact) mass is 409 g/mol. The molecule has 6 heteroatoms. The van der Waals surface area contributed by atoms with Crippen LogP contribution in [-0.4, -0.2) is 47.4 Å². The van der Waals surface area contributed by atoms with E-state index >= 15 is 0 Å². The van der Waals surface area contributed by atoms with E-state index in [1.54, 1.807) is 13.8 Å². The Labute approximate surface area is 174 Å². The maximum atomic E-state index is 12.4. The number of nitrogens with two attached hydrogens (primary N) is 1. The third-order valence-electron chi connectivity index (χ3n) is 4.75. The van der Waals surface area contributed by atoms with Crippen LogP contribution in [0.15, 0.2) is 60.7 Å². The fraction of sp³-hybridized carbons (Fsp3) is 0.381. The number of hydrogen-bond donors (Lipinski definition) is 1. The van der Waals surface area contributed by atoms with Crippen molar-refractivity contribution in [3.8, 4) is 0 Å². The van der Waals surface area contributed by atoms with Gasteiger partial charge in [-0.05, 0) is 25.0 Å². The van der Waals surface area contributed by atoms with E-state index in [-0.39, 0.29) is 36.8 Å². The van der Waals surface area contributed by atoms with Crippen molar-refractivity contribution in [1.82, 2.24) is 9.80 Å². The zero-order valence-electron chi connectivity index (χ0n) is 15.9. The number of carbonyl (C=O) groups excluding carboxylic acids is 1. The van der Waals surface area contributed by atoms with Crippen molar-refractivity contribution in [2.45, 2.75) is 25.4 Å². The van der Waals surface area contributed by atoms with Gasteiger partial charge < -0.3 is 10.6 Å². The standard InChI is InChI=1S/C21H27N3O.2ClH/c1-21(2,22)20(25)24-15-13-23(14-16-24)19(17-9-5-3-6-10-17)18-11-7-4-8-12-18;;/h3-12,19H,13-16,22H2,1-2H3;2*1H. The van der Waals surface area contributed by atoms with Gasteiger partial charge in [0, 0.05) is 26.2 Å². The molecule has 148 valence electrons. The second-order valence-electron chi connectivity index (χ2n) is 7.27. The van der Waals surface area contributed by atoms with Gasteiger partial charge in [0.05, 0.1) is 11.6 Å². The number of piperazine rings is 1. The molecule has 1 amide bonds. The molecule has 3 rings (SSSR count). The van der Waals surface area contributed by atoms with Crippen molar-refractivity contribution in [2.24, 2.45) is 5.73 Å². The highest BCUT2D eigenvalue weighted by molar-refractivity contribution is 5.86. The molecule has 1 aliphatic rings. The molecule has 0 radical (unpaired) electrons. The van der Waals surface area contributed by atoms with Crippen LogP contribution in [0.4, 0.5) is 0 Å². The molecule has 0 aliphatic carbocycles. The molecular weight excluding hydrogens is 381 g/mol. The van der Waals surface area contributed by atoms with E-state index < -0.39 is 5.54 Å². The fourth-order valence-electron chi connectivity index (χ4n) is 3.48. The summed E-state index contributed by atoms with van der Waals surface area (Å²) in [7, 11) is 0. The topological polar surface area (TPSA) is 49.6 Å². The molecule has 2 aromatic rings. The Morgan fingerprint density at radius 3 is 1.63 bits per heavy atom. The molecule has 27 heavy (non-hydrogen) atoms. The summed E-state index contributed by atoms with van der Waals surface area (Å²) in [6, 6.07) is 21.4. The van der Waals surface area contributed by atoms with Gasteiger partial charge in [0.2, 0.25) is 5.91 Å². The van der Waals surface area contributed by atoms with Gasteiger partial charge in [-0.15, -0.1) is 24.8 Å². The van der Waals surface area contributed by atoms with Gasteiger partial charge in [-0.2, -0.15) is 0 Å². The largest absolute Gasteiger partial charge is 0.339 e. The molecule has 1 fully saturated rings. The van der Waals surface area contributed by atoms with Crippen molar-refractivity contribution in [2.75, 3.05) is 26.2 Å². The van der Waals surface area contributed by atoms with Gasteiger partial charge in [-0.25, -0.2) is 0 Å². The number of carbonyl (C=O) groups is 1. The zero-order chi connectivity index (χ0) is 17.9. The first-order valence-electron chi connectivity index (χ1n) is 8.89. The van der Waals surface area contributed by atoms with E-state index in [1.807, 2.05) is 17.0 Å². The number of nitrogens with zero attached hydrogens (tertiary/aromatic N) is 2. The van der Waals surface area contributed by atoms with Crippen molar-refractivity contribution in [1.29, 1.82) is 0 Å². The van der Waals surface area contributed by atoms with Crippen LogP contribution in [0.1, 0.15) is 31.0 Å². The first-order valence-corrected chi connectivity index (χ1v) is 8.89. The second-order valence-corrected chi connectivity index (χ2v) is 7.27. The SMILES string of the molecule is CC(C)(N)C(=O)N1CCN(C(c2ccccc2)c2ccccc2)CC1.Cl.Cl. The highest BCUT2D eigenvalue weighted by atomic mass is 35.5. The summed E-state index contributed by atoms with van der Waals surface area (Å²) in [5.74, 6) is 0.0307. The molecule has 1 heterocycles. The van der Waals surface area contributed by atoms with Crippen molar-refractivity contribution >= 4 is 30.7 Å². The number of amides is 1. The lowest BCUT2D eigenvalue weighted by atomic mass is 9.96. The summed E-state index contributed by atoms with van der Waals surface area (Å²) in [5.41, 5.74) is 7.75. The predicted octanol–water partition coefficient (Wildman–Crippen LogP) is 3.50. The molecule has 0 bridgehead atoms. The fourth-order valence-corrected chi connectivity index (χ4v) is 3.48. The lowest BCUT2D eigenvalue weighted by Gasteiger charge is -2.41. The van der Waals surface area contributed by atoms with Crippen LogP contribution in [0, 0.1) is 0 Å². The van der Waals surface area contributed by atoms with Crippen molar-refractivity contribution in [3.05, 3.63) is 71.8 Å². The minimum atomic E-state index is -0.805. The van der Waals surface area contributed by atoms with E-state index in [4.69, 9.17) is 5.73 Å². The van der Waals surface area contributed by atoms with Crippen LogP contribution in [0.2, 0.25) is 0 Å². The Morgan fingerprint density at radius 2 is 1.26 bits per heavy atom. The van der Waals surface area contributed by atoms with Gasteiger partial charge in [0.25, 0.3) is 0 Å². The van der Waals surface area contributed by atoms with Crippen molar-refractivity contribution < 1.29 is 4.79 Å². The smallest absolute Gasteiger partial charge is 0.242 e. The summed E-state index contributed by atoms with van der Waals surface area (Å²) < 4.78 is 0. The lowest BCUT2D eigenvalue weighted by molar-refractivity contribution is -0.137. The van der Waals surface area contributed by atoms with Crippen LogP contribution in [0.3, 0.4) is 0 Å². The van der Waals surface area contributed by atoms with E-state index in [2.05, 4.69) is 53.4 Å². The summed E-state index contributed by atoms with van der Waals surface area (Å²) >= 11 is 0. The maximum Gasteiger partial charge on any atom is 0.242 e. The highest BCUT2D eigenvalue weighted by Gasteiger charge is 2.32. The van der Waals surface area contributed by atoms with Gasteiger partial charge in [0.1, 0.15) is 0 Å². The van der Waals surface area contributed by atoms with Crippen LogP contribution in [0.25, 0.3) is 0 Å². The molecule has 0 saturated carbocycles. The molecule has 4 nitrogen and oxygen atoms in total. The Hall–Kier alpha value is -1.59. The van der Waals surface area contributed by atoms with E-state index in [9.17, 15) is 4.79 Å². The third-order valence-corrected chi connectivity index (χ3v) is 4.75. The molecule has 2 aromatic carbocycles. The van der Waals surface area contributed by atoms with E-state index in [0.29, 0.717) is 0 Å². The van der Waals surface area contributed by atoms with Gasteiger partial charge in [0.15, 0.2) is 0 Å². The molecule has 2 N–H and O–H groups in total. The first-order chi connectivity index (χ1) is 12.0. The Bertz CT molecular complexity index is 657. The van der Waals surface area contributed by atoms with Crippen LogP contribution >= 0.6 is 24.8 Å².